The van der Waals surface area contributed by atoms with Gasteiger partial charge in [-0.15, -0.1) is 11.8 Å². The maximum Gasteiger partial charge on any atom is 0.243 e. The summed E-state index contributed by atoms with van der Waals surface area (Å²) in [5.74, 6) is 0.234. The third-order valence-corrected chi connectivity index (χ3v) is 8.53. The molecule has 0 aliphatic heterocycles. The summed E-state index contributed by atoms with van der Waals surface area (Å²) in [6.07, 6.45) is 1.15. The molecule has 4 nitrogen and oxygen atoms in total. The van der Waals surface area contributed by atoms with Gasteiger partial charge in [0.2, 0.25) is 11.8 Å². The first-order chi connectivity index (χ1) is 18.2. The summed E-state index contributed by atoms with van der Waals surface area (Å²) < 4.78 is 0. The average molecular weight is 612 g/mol. The molecule has 0 aliphatic carbocycles. The van der Waals surface area contributed by atoms with E-state index in [-0.39, 0.29) is 30.2 Å². The number of rotatable bonds is 12. The van der Waals surface area contributed by atoms with Gasteiger partial charge in [-0.2, -0.15) is 0 Å². The van der Waals surface area contributed by atoms with Gasteiger partial charge in [0.15, 0.2) is 0 Å². The Kier molecular flexibility index (Phi) is 12.1. The van der Waals surface area contributed by atoms with Crippen LogP contribution in [0.15, 0.2) is 66.7 Å². The molecule has 0 saturated heterocycles. The SMILES string of the molecule is CC[C@H](C)NC(=O)[C@@H](Cc1ccccc1)N(Cc1ccc(Cl)c(Cl)c1)C(=O)CSCc1c(Cl)cccc1Cl. The smallest absolute Gasteiger partial charge is 0.243 e. The van der Waals surface area contributed by atoms with Crippen molar-refractivity contribution in [3.05, 3.63) is 104 Å². The molecular weight excluding hydrogens is 582 g/mol. The van der Waals surface area contributed by atoms with E-state index in [1.165, 1.54) is 11.8 Å². The van der Waals surface area contributed by atoms with Crippen molar-refractivity contribution in [2.45, 2.75) is 51.1 Å². The number of carbonyl (C=O) groups excluding carboxylic acids is 2. The fourth-order valence-corrected chi connectivity index (χ4v) is 5.79. The number of benzene rings is 3. The Balaban J connectivity index is 1.90. The summed E-state index contributed by atoms with van der Waals surface area (Å²) in [4.78, 5) is 28.9. The normalized spacial score (nSPS) is 12.6. The Morgan fingerprint density at radius 3 is 2.18 bits per heavy atom. The molecule has 38 heavy (non-hydrogen) atoms. The van der Waals surface area contributed by atoms with Gasteiger partial charge >= 0.3 is 0 Å². The fourth-order valence-electron chi connectivity index (χ4n) is 3.82. The predicted molar refractivity (Wildman–Crippen MR) is 161 cm³/mol. The summed E-state index contributed by atoms with van der Waals surface area (Å²) in [5.41, 5.74) is 2.51. The van der Waals surface area contributed by atoms with E-state index in [0.717, 1.165) is 23.1 Å². The molecule has 3 aromatic carbocycles. The van der Waals surface area contributed by atoms with Crippen LogP contribution in [0.25, 0.3) is 0 Å². The van der Waals surface area contributed by atoms with Crippen molar-refractivity contribution in [1.29, 1.82) is 0 Å². The molecule has 0 unspecified atom stereocenters. The van der Waals surface area contributed by atoms with Crippen molar-refractivity contribution in [1.82, 2.24) is 10.2 Å². The predicted octanol–water partition coefficient (Wildman–Crippen LogP) is 8.09. The zero-order valence-electron chi connectivity index (χ0n) is 21.2. The lowest BCUT2D eigenvalue weighted by Crippen LogP contribution is -2.52. The molecule has 202 valence electrons. The number of amides is 2. The van der Waals surface area contributed by atoms with Gasteiger partial charge in [0.25, 0.3) is 0 Å². The van der Waals surface area contributed by atoms with Crippen molar-refractivity contribution in [2.24, 2.45) is 0 Å². The summed E-state index contributed by atoms with van der Waals surface area (Å²) in [7, 11) is 0. The van der Waals surface area contributed by atoms with Crippen LogP contribution in [-0.4, -0.2) is 34.6 Å². The standard InChI is InChI=1S/C29H30Cl4N2O2S/c1-3-19(2)34-29(37)27(15-20-8-5-4-6-9-20)35(16-21-12-13-25(32)26(33)14-21)28(36)18-38-17-22-23(30)10-7-11-24(22)31/h4-14,19,27H,3,15-18H2,1-2H3,(H,34,37)/t19-,27+/m0/s1. The zero-order chi connectivity index (χ0) is 27.7. The second-order valence-corrected chi connectivity index (χ2v) is 11.6. The van der Waals surface area contributed by atoms with Crippen LogP contribution in [0.2, 0.25) is 20.1 Å². The highest BCUT2D eigenvalue weighted by atomic mass is 35.5. The van der Waals surface area contributed by atoms with Gasteiger partial charge in [-0.1, -0.05) is 95.8 Å². The molecule has 3 rings (SSSR count). The molecule has 2 atom stereocenters. The number of nitrogens with one attached hydrogen (secondary N) is 1. The van der Waals surface area contributed by atoms with Gasteiger partial charge in [0, 0.05) is 34.8 Å². The molecule has 0 aliphatic rings. The van der Waals surface area contributed by atoms with Gasteiger partial charge in [-0.05, 0) is 54.3 Å². The molecular formula is C29H30Cl4N2O2S. The van der Waals surface area contributed by atoms with E-state index in [9.17, 15) is 9.59 Å². The molecule has 0 aromatic heterocycles. The number of thioether (sulfide) groups is 1. The maximum atomic E-state index is 13.8. The first-order valence-corrected chi connectivity index (χ1v) is 14.9. The molecule has 2 amide bonds. The highest BCUT2D eigenvalue weighted by Crippen LogP contribution is 2.29. The number of nitrogens with zero attached hydrogens (tertiary/aromatic N) is 1. The van der Waals surface area contributed by atoms with Crippen LogP contribution in [0.1, 0.15) is 37.0 Å². The summed E-state index contributed by atoms with van der Waals surface area (Å²) in [6, 6.07) is 19.5. The Morgan fingerprint density at radius 1 is 0.868 bits per heavy atom. The van der Waals surface area contributed by atoms with Crippen LogP contribution in [0.4, 0.5) is 0 Å². The van der Waals surface area contributed by atoms with E-state index in [1.807, 2.05) is 50.2 Å². The van der Waals surface area contributed by atoms with Crippen LogP contribution >= 0.6 is 58.2 Å². The first kappa shape index (κ1) is 30.6. The lowest BCUT2D eigenvalue weighted by molar-refractivity contribution is -0.139. The minimum Gasteiger partial charge on any atom is -0.352 e. The molecule has 9 heteroatoms. The second kappa shape index (κ2) is 15.0. The highest BCUT2D eigenvalue weighted by Gasteiger charge is 2.31. The summed E-state index contributed by atoms with van der Waals surface area (Å²) >= 11 is 26.4. The van der Waals surface area contributed by atoms with Crippen molar-refractivity contribution in [3.8, 4) is 0 Å². The molecule has 1 N–H and O–H groups in total. The van der Waals surface area contributed by atoms with Crippen LogP contribution in [-0.2, 0) is 28.3 Å². The fraction of sp³-hybridized carbons (Fsp3) is 0.310. The van der Waals surface area contributed by atoms with E-state index in [2.05, 4.69) is 5.32 Å². The van der Waals surface area contributed by atoms with Crippen LogP contribution in [0.5, 0.6) is 0 Å². The third-order valence-electron chi connectivity index (χ3n) is 6.14. The molecule has 3 aromatic rings. The summed E-state index contributed by atoms with van der Waals surface area (Å²) in [5, 5.41) is 5.00. The van der Waals surface area contributed by atoms with Crippen molar-refractivity contribution in [2.75, 3.05) is 5.75 Å². The maximum absolute atomic E-state index is 13.8. The van der Waals surface area contributed by atoms with Crippen LogP contribution < -0.4 is 5.32 Å². The topological polar surface area (TPSA) is 49.4 Å². The Labute approximate surface area is 249 Å². The molecule has 0 saturated carbocycles. The molecule has 0 spiro atoms. The number of hydrogen-bond donors (Lipinski definition) is 1. The quantitative estimate of drug-likeness (QED) is 0.225. The van der Waals surface area contributed by atoms with Crippen LogP contribution in [0.3, 0.4) is 0 Å². The van der Waals surface area contributed by atoms with Crippen molar-refractivity contribution < 1.29 is 9.59 Å². The number of carbonyl (C=O) groups is 2. The van der Waals surface area contributed by atoms with Gasteiger partial charge in [0.1, 0.15) is 6.04 Å². The Morgan fingerprint density at radius 2 is 1.55 bits per heavy atom. The van der Waals surface area contributed by atoms with E-state index in [4.69, 9.17) is 46.4 Å². The first-order valence-electron chi connectivity index (χ1n) is 12.3. The molecule has 0 radical (unpaired) electrons. The van der Waals surface area contributed by atoms with E-state index >= 15 is 0 Å². The van der Waals surface area contributed by atoms with Crippen molar-refractivity contribution >= 4 is 70.0 Å². The minimum absolute atomic E-state index is 0.0283. The second-order valence-electron chi connectivity index (χ2n) is 8.99. The van der Waals surface area contributed by atoms with Crippen LogP contribution in [0, 0.1) is 0 Å². The lowest BCUT2D eigenvalue weighted by atomic mass is 10.0. The van der Waals surface area contributed by atoms with Gasteiger partial charge in [0.05, 0.1) is 15.8 Å². The number of hydrogen-bond acceptors (Lipinski definition) is 3. The Hall–Kier alpha value is -1.89. The van der Waals surface area contributed by atoms with Gasteiger partial charge in [-0.25, -0.2) is 0 Å². The molecule has 0 bridgehead atoms. The average Bonchev–Trinajstić information content (AvgIpc) is 2.90. The third kappa shape index (κ3) is 8.82. The molecule has 0 heterocycles. The van der Waals surface area contributed by atoms with Gasteiger partial charge < -0.3 is 10.2 Å². The zero-order valence-corrected chi connectivity index (χ0v) is 25.1. The highest BCUT2D eigenvalue weighted by molar-refractivity contribution is 7.99. The Bertz CT molecular complexity index is 1220. The van der Waals surface area contributed by atoms with Gasteiger partial charge in [-0.3, -0.25) is 9.59 Å². The summed E-state index contributed by atoms with van der Waals surface area (Å²) in [6.45, 7) is 4.16. The minimum atomic E-state index is -0.724. The van der Waals surface area contributed by atoms with E-state index < -0.39 is 6.04 Å². The number of halogens is 4. The largest absolute Gasteiger partial charge is 0.352 e. The monoisotopic (exact) mass is 610 g/mol. The lowest BCUT2D eigenvalue weighted by Gasteiger charge is -2.32. The van der Waals surface area contributed by atoms with E-state index in [1.54, 1.807) is 35.2 Å². The molecule has 0 fully saturated rings. The van der Waals surface area contributed by atoms with Crippen molar-refractivity contribution in [3.63, 3.8) is 0 Å². The van der Waals surface area contributed by atoms with E-state index in [0.29, 0.717) is 32.3 Å².